The van der Waals surface area contributed by atoms with Crippen molar-refractivity contribution in [3.8, 4) is 5.69 Å². The van der Waals surface area contributed by atoms with Crippen molar-refractivity contribution in [2.45, 2.75) is 6.18 Å². The number of fused-ring (bicyclic) bond motifs is 1. The maximum absolute atomic E-state index is 12.4. The van der Waals surface area contributed by atoms with Crippen LogP contribution in [-0.2, 0) is 0 Å². The van der Waals surface area contributed by atoms with Crippen LogP contribution in [0.15, 0.2) is 42.9 Å². The normalized spacial score (nSPS) is 11.8. The maximum Gasteiger partial charge on any atom is 0.456 e. The molecular formula is C13H7F3N4O. The molecule has 8 heteroatoms. The van der Waals surface area contributed by atoms with Crippen LogP contribution in [-0.4, -0.2) is 31.9 Å². The van der Waals surface area contributed by atoms with Crippen molar-refractivity contribution in [2.75, 3.05) is 0 Å². The largest absolute Gasteiger partial charge is 0.456 e. The number of aromatic nitrogens is 4. The van der Waals surface area contributed by atoms with Crippen LogP contribution in [0.2, 0.25) is 0 Å². The van der Waals surface area contributed by atoms with Gasteiger partial charge in [-0.3, -0.25) is 9.78 Å². The second-order valence-corrected chi connectivity index (χ2v) is 4.25. The molecule has 1 aromatic carbocycles. The van der Waals surface area contributed by atoms with Gasteiger partial charge in [-0.15, -0.1) is 5.10 Å². The summed E-state index contributed by atoms with van der Waals surface area (Å²) in [6.07, 6.45) is -0.823. The van der Waals surface area contributed by atoms with E-state index < -0.39 is 17.7 Å². The van der Waals surface area contributed by atoms with E-state index in [0.29, 0.717) is 5.69 Å². The van der Waals surface area contributed by atoms with Gasteiger partial charge in [0, 0.05) is 23.2 Å². The fourth-order valence-electron chi connectivity index (χ4n) is 1.94. The summed E-state index contributed by atoms with van der Waals surface area (Å²) in [6, 6.07) is 6.90. The second-order valence-electron chi connectivity index (χ2n) is 4.25. The molecule has 3 rings (SSSR count). The summed E-state index contributed by atoms with van der Waals surface area (Å²) in [5, 5.41) is 8.43. The molecule has 0 fully saturated rings. The molecule has 0 radical (unpaired) electrons. The number of rotatable bonds is 2. The summed E-state index contributed by atoms with van der Waals surface area (Å²) in [4.78, 5) is 15.1. The van der Waals surface area contributed by atoms with Crippen molar-refractivity contribution >= 4 is 16.6 Å². The van der Waals surface area contributed by atoms with Crippen molar-refractivity contribution in [3.63, 3.8) is 0 Å². The third kappa shape index (κ3) is 2.35. The van der Waals surface area contributed by atoms with Crippen molar-refractivity contribution in [3.05, 3.63) is 48.5 Å². The van der Waals surface area contributed by atoms with Crippen molar-refractivity contribution in [1.29, 1.82) is 0 Å². The lowest BCUT2D eigenvalue weighted by Crippen LogP contribution is -2.23. The number of hydrogen-bond donors (Lipinski definition) is 0. The van der Waals surface area contributed by atoms with Gasteiger partial charge in [0.25, 0.3) is 5.78 Å². The van der Waals surface area contributed by atoms with Gasteiger partial charge in [-0.2, -0.15) is 13.2 Å². The van der Waals surface area contributed by atoms with Gasteiger partial charge in [0.1, 0.15) is 0 Å². The molecule has 106 valence electrons. The van der Waals surface area contributed by atoms with E-state index >= 15 is 0 Å². The SMILES string of the molecule is O=C(c1cn(-c2cccc3cnccc23)nn1)C(F)(F)F. The monoisotopic (exact) mass is 292 g/mol. The van der Waals surface area contributed by atoms with Gasteiger partial charge in [-0.25, -0.2) is 4.68 Å². The smallest absolute Gasteiger partial charge is 0.282 e. The van der Waals surface area contributed by atoms with Crippen LogP contribution < -0.4 is 0 Å². The van der Waals surface area contributed by atoms with Crippen LogP contribution in [0.25, 0.3) is 16.5 Å². The Labute approximate surface area is 116 Å². The Balaban J connectivity index is 2.09. The highest BCUT2D eigenvalue weighted by atomic mass is 19.4. The minimum atomic E-state index is -4.97. The zero-order valence-corrected chi connectivity index (χ0v) is 10.4. The van der Waals surface area contributed by atoms with Gasteiger partial charge in [-0.05, 0) is 12.1 Å². The molecule has 3 aromatic rings. The zero-order chi connectivity index (χ0) is 15.0. The Morgan fingerprint density at radius 1 is 1.19 bits per heavy atom. The van der Waals surface area contributed by atoms with Gasteiger partial charge in [-0.1, -0.05) is 17.3 Å². The molecule has 0 aliphatic rings. The van der Waals surface area contributed by atoms with Crippen LogP contribution in [0.5, 0.6) is 0 Å². The lowest BCUT2D eigenvalue weighted by atomic mass is 10.1. The molecule has 0 saturated heterocycles. The number of benzene rings is 1. The fourth-order valence-corrected chi connectivity index (χ4v) is 1.94. The zero-order valence-electron chi connectivity index (χ0n) is 10.4. The summed E-state index contributed by atoms with van der Waals surface area (Å²) in [5.74, 6) is -2.02. The Kier molecular flexibility index (Phi) is 2.93. The van der Waals surface area contributed by atoms with Gasteiger partial charge in [0.15, 0.2) is 5.69 Å². The van der Waals surface area contributed by atoms with E-state index in [1.807, 2.05) is 6.07 Å². The molecule has 0 aliphatic heterocycles. The van der Waals surface area contributed by atoms with E-state index in [1.54, 1.807) is 30.6 Å². The first-order chi connectivity index (χ1) is 9.97. The predicted octanol–water partition coefficient (Wildman–Crippen LogP) is 2.56. The van der Waals surface area contributed by atoms with E-state index in [-0.39, 0.29) is 0 Å². The molecule has 2 aromatic heterocycles. The first-order valence-corrected chi connectivity index (χ1v) is 5.84. The molecule has 2 heterocycles. The lowest BCUT2D eigenvalue weighted by Gasteiger charge is -2.04. The highest BCUT2D eigenvalue weighted by molar-refractivity contribution is 5.98. The van der Waals surface area contributed by atoms with Crippen molar-refractivity contribution in [2.24, 2.45) is 0 Å². The topological polar surface area (TPSA) is 60.7 Å². The average Bonchev–Trinajstić information content (AvgIpc) is 2.94. The van der Waals surface area contributed by atoms with Crippen molar-refractivity contribution in [1.82, 2.24) is 20.0 Å². The molecule has 0 saturated carbocycles. The highest BCUT2D eigenvalue weighted by Gasteiger charge is 2.41. The Morgan fingerprint density at radius 3 is 2.76 bits per heavy atom. The number of carbonyl (C=O) groups is 1. The molecule has 5 nitrogen and oxygen atoms in total. The molecule has 0 unspecified atom stereocenters. The molecule has 0 aliphatic carbocycles. The summed E-state index contributed by atoms with van der Waals surface area (Å²) >= 11 is 0. The van der Waals surface area contributed by atoms with Gasteiger partial charge < -0.3 is 0 Å². The number of alkyl halides is 3. The number of nitrogens with zero attached hydrogens (tertiary/aromatic N) is 4. The lowest BCUT2D eigenvalue weighted by molar-refractivity contribution is -0.0888. The Bertz CT molecular complexity index is 820. The minimum Gasteiger partial charge on any atom is -0.282 e. The van der Waals surface area contributed by atoms with Gasteiger partial charge in [0.05, 0.1) is 11.9 Å². The summed E-state index contributed by atoms with van der Waals surface area (Å²) in [6.45, 7) is 0. The fraction of sp³-hybridized carbons (Fsp3) is 0.0769. The van der Waals surface area contributed by atoms with Crippen LogP contribution in [0.3, 0.4) is 0 Å². The van der Waals surface area contributed by atoms with E-state index in [2.05, 4.69) is 15.3 Å². The average molecular weight is 292 g/mol. The van der Waals surface area contributed by atoms with Crippen LogP contribution in [0.1, 0.15) is 10.5 Å². The first kappa shape index (κ1) is 13.2. The molecule has 0 N–H and O–H groups in total. The van der Waals surface area contributed by atoms with E-state index in [0.717, 1.165) is 21.7 Å². The number of hydrogen-bond acceptors (Lipinski definition) is 4. The molecule has 0 amide bonds. The number of halogens is 3. The number of pyridine rings is 1. The van der Waals surface area contributed by atoms with Gasteiger partial charge in [0.2, 0.25) is 0 Å². The summed E-state index contributed by atoms with van der Waals surface area (Å²) in [7, 11) is 0. The molecule has 0 bridgehead atoms. The molecule has 0 atom stereocenters. The van der Waals surface area contributed by atoms with Crippen LogP contribution in [0.4, 0.5) is 13.2 Å². The first-order valence-electron chi connectivity index (χ1n) is 5.84. The quantitative estimate of drug-likeness (QED) is 0.681. The maximum atomic E-state index is 12.4. The Hall–Kier alpha value is -2.77. The van der Waals surface area contributed by atoms with Crippen LogP contribution >= 0.6 is 0 Å². The van der Waals surface area contributed by atoms with Crippen molar-refractivity contribution < 1.29 is 18.0 Å². The minimum absolute atomic E-state index is 0.517. The van der Waals surface area contributed by atoms with Gasteiger partial charge >= 0.3 is 6.18 Å². The summed E-state index contributed by atoms with van der Waals surface area (Å²) in [5.41, 5.74) is -0.225. The third-order valence-corrected chi connectivity index (χ3v) is 2.89. The predicted molar refractivity (Wildman–Crippen MR) is 67.0 cm³/mol. The molecule has 0 spiro atoms. The number of Topliss-reactive ketones (excluding diaryl/α,β-unsaturated/α-hetero) is 1. The van der Waals surface area contributed by atoms with E-state index in [4.69, 9.17) is 0 Å². The molecular weight excluding hydrogens is 285 g/mol. The number of ketones is 1. The standard InChI is InChI=1S/C13H7F3N4O/c14-13(15,16)12(21)10-7-20(19-18-10)11-3-1-2-8-6-17-5-4-9(8)11/h1-7H. The second kappa shape index (κ2) is 4.65. The van der Waals surface area contributed by atoms with Crippen LogP contribution in [0, 0.1) is 0 Å². The van der Waals surface area contributed by atoms with E-state index in [9.17, 15) is 18.0 Å². The highest BCUT2D eigenvalue weighted by Crippen LogP contribution is 2.23. The van der Waals surface area contributed by atoms with E-state index in [1.165, 1.54) is 0 Å². The molecule has 21 heavy (non-hydrogen) atoms. The summed E-state index contributed by atoms with van der Waals surface area (Å²) < 4.78 is 38.2. The number of carbonyl (C=O) groups excluding carboxylic acids is 1. The third-order valence-electron chi connectivity index (χ3n) is 2.89. The Morgan fingerprint density at radius 2 is 2.00 bits per heavy atom.